The molecule has 0 N–H and O–H groups in total. The molecule has 0 bridgehead atoms. The van der Waals surface area contributed by atoms with E-state index >= 15 is 4.79 Å². The Hall–Kier alpha value is -15.5. The summed E-state index contributed by atoms with van der Waals surface area (Å²) < 4.78 is 16.5. The molecule has 0 amide bonds. The Bertz CT molecular complexity index is 7600. The van der Waals surface area contributed by atoms with Gasteiger partial charge in [-0.3, -0.25) is 9.36 Å². The van der Waals surface area contributed by atoms with Crippen LogP contribution in [-0.2, 0) is 0 Å². The van der Waals surface area contributed by atoms with Crippen LogP contribution in [0.1, 0.15) is 0 Å². The van der Waals surface area contributed by atoms with E-state index in [9.17, 15) is 0 Å². The van der Waals surface area contributed by atoms with Gasteiger partial charge in [-0.25, -0.2) is 15.0 Å². The molecule has 0 fully saturated rings. The number of hydrogen-bond acceptors (Lipinski definition) is 4. The molecule has 0 saturated carbocycles. The Balaban J connectivity index is 0.852. The van der Waals surface area contributed by atoms with Gasteiger partial charge >= 0.3 is 0 Å². The van der Waals surface area contributed by atoms with E-state index in [0.717, 1.165) is 138 Å². The van der Waals surface area contributed by atoms with Crippen LogP contribution in [0.5, 0.6) is 0 Å². The van der Waals surface area contributed by atoms with Crippen LogP contribution >= 0.6 is 0 Å². The summed E-state index contributed by atoms with van der Waals surface area (Å²) in [5.74, 6) is 1.17. The number of nitrogens with zero attached hydrogens (tertiary/aromatic N) is 10. The van der Waals surface area contributed by atoms with Crippen LogP contribution in [0.3, 0.4) is 0 Å². The summed E-state index contributed by atoms with van der Waals surface area (Å²) in [6, 6.07) is 134. The maximum absolute atomic E-state index is 16.7. The minimum atomic E-state index is -0.285. The lowest BCUT2D eigenvalue weighted by molar-refractivity contribution is 1.01. The molecule has 16 aromatic carbocycles. The Morgan fingerprint density at radius 1 is 0.177 bits per heavy atom. The van der Waals surface area contributed by atoms with Crippen LogP contribution in [0.2, 0.25) is 0 Å². The predicted octanol–water partition coefficient (Wildman–Crippen LogP) is 24.8. The first-order chi connectivity index (χ1) is 56.0. The van der Waals surface area contributed by atoms with Gasteiger partial charge in [0.25, 0.3) is 5.56 Å². The Kier molecular flexibility index (Phi) is 13.4. The van der Waals surface area contributed by atoms with E-state index in [0.29, 0.717) is 28.4 Å². The fourth-order valence-corrected chi connectivity index (χ4v) is 18.5. The summed E-state index contributed by atoms with van der Waals surface area (Å²) in [6.45, 7) is 0. The Morgan fingerprint density at radius 3 is 0.743 bits per heavy atom. The van der Waals surface area contributed by atoms with Gasteiger partial charge in [-0.1, -0.05) is 224 Å². The lowest BCUT2D eigenvalue weighted by Crippen LogP contribution is -2.22. The fourth-order valence-electron chi connectivity index (χ4n) is 18.5. The highest BCUT2D eigenvalue weighted by Gasteiger charge is 2.28. The molecule has 0 unspecified atom stereocenters. The highest BCUT2D eigenvalue weighted by molar-refractivity contribution is 6.18. The van der Waals surface area contributed by atoms with E-state index in [1.807, 2.05) is 102 Å². The molecule has 0 saturated heterocycles. The van der Waals surface area contributed by atoms with Crippen molar-refractivity contribution in [2.75, 3.05) is 0 Å². The minimum Gasteiger partial charge on any atom is -0.309 e. The molecule has 0 spiro atoms. The zero-order chi connectivity index (χ0) is 74.1. The normalized spacial score (nSPS) is 12.1. The SMILES string of the molecule is O=c1c(-c2nc(-c3ccccc3)nc(-c3ccccc3)n2)cc2cc(-n3c4ccc(-n5c6ccccc6c6ccccc65)cc4c4cc(-n5c6ccccc6c6ccccc65)ccc43)c(-n3c4ccc(-n5c6ccccc6c6ccccc65)cc4c4cc(-n5c6ccccc6c6ccccc65)ccc43)cc2n1-c1ccccc1. The summed E-state index contributed by atoms with van der Waals surface area (Å²) in [4.78, 5) is 32.4. The highest BCUT2D eigenvalue weighted by Crippen LogP contribution is 2.46. The van der Waals surface area contributed by atoms with Crippen molar-refractivity contribution in [3.8, 4) is 74.0 Å². The molecule has 8 aromatic heterocycles. The molecule has 8 heterocycles. The smallest absolute Gasteiger partial charge is 0.266 e. The molecule has 0 radical (unpaired) electrons. The monoisotopic (exact) mass is 1440 g/mol. The second-order valence-corrected chi connectivity index (χ2v) is 29.4. The number of rotatable bonds is 10. The first-order valence-corrected chi connectivity index (χ1v) is 38.3. The maximum Gasteiger partial charge on any atom is 0.266 e. The van der Waals surface area contributed by atoms with Gasteiger partial charge in [0, 0.05) is 110 Å². The molecule has 0 aliphatic carbocycles. The van der Waals surface area contributed by atoms with Crippen molar-refractivity contribution in [3.05, 3.63) is 386 Å². The molecular formula is C102H62N10O. The van der Waals surface area contributed by atoms with E-state index in [1.54, 1.807) is 0 Å². The fraction of sp³-hybridized carbons (Fsp3) is 0. The van der Waals surface area contributed by atoms with Crippen LogP contribution in [0.4, 0.5) is 0 Å². The number of fused-ring (bicyclic) bond motifs is 19. The topological polar surface area (TPSA) is 90.3 Å². The van der Waals surface area contributed by atoms with Crippen molar-refractivity contribution in [1.29, 1.82) is 0 Å². The molecule has 0 aliphatic heterocycles. The second kappa shape index (κ2) is 24.3. The van der Waals surface area contributed by atoms with Gasteiger partial charge in [-0.2, -0.15) is 0 Å². The van der Waals surface area contributed by atoms with Gasteiger partial charge in [-0.05, 0) is 152 Å². The van der Waals surface area contributed by atoms with Crippen LogP contribution in [0.25, 0.3) is 216 Å². The van der Waals surface area contributed by atoms with E-state index in [1.165, 1.54) is 43.1 Å². The highest BCUT2D eigenvalue weighted by atomic mass is 16.1. The van der Waals surface area contributed by atoms with E-state index < -0.39 is 0 Å². The first-order valence-electron chi connectivity index (χ1n) is 38.3. The number of hydrogen-bond donors (Lipinski definition) is 0. The van der Waals surface area contributed by atoms with Crippen molar-refractivity contribution >= 4 is 142 Å². The van der Waals surface area contributed by atoms with Gasteiger partial charge in [0.05, 0.1) is 88.7 Å². The Labute approximate surface area is 645 Å². The number of pyridine rings is 1. The first kappa shape index (κ1) is 62.6. The van der Waals surface area contributed by atoms with Crippen molar-refractivity contribution in [2.45, 2.75) is 0 Å². The van der Waals surface area contributed by atoms with E-state index in [2.05, 4.69) is 306 Å². The third-order valence-corrected chi connectivity index (χ3v) is 23.4. The summed E-state index contributed by atoms with van der Waals surface area (Å²) in [6.07, 6.45) is 0. The summed E-state index contributed by atoms with van der Waals surface area (Å²) in [5, 5.41) is 14.5. The third-order valence-electron chi connectivity index (χ3n) is 23.4. The average Bonchev–Trinajstić information content (AvgIpc) is 1.57. The average molecular weight is 1440 g/mol. The predicted molar refractivity (Wildman–Crippen MR) is 465 cm³/mol. The lowest BCUT2D eigenvalue weighted by Gasteiger charge is -2.21. The molecule has 113 heavy (non-hydrogen) atoms. The van der Waals surface area contributed by atoms with E-state index in [-0.39, 0.29) is 11.4 Å². The van der Waals surface area contributed by atoms with Crippen molar-refractivity contribution in [1.82, 2.24) is 46.9 Å². The molecule has 0 atom stereocenters. The van der Waals surface area contributed by atoms with Crippen LogP contribution in [0.15, 0.2) is 381 Å². The van der Waals surface area contributed by atoms with E-state index in [4.69, 9.17) is 15.0 Å². The Morgan fingerprint density at radius 2 is 0.434 bits per heavy atom. The lowest BCUT2D eigenvalue weighted by atomic mass is 10.1. The zero-order valence-electron chi connectivity index (χ0n) is 60.7. The van der Waals surface area contributed by atoms with Gasteiger partial charge in [0.1, 0.15) is 0 Å². The van der Waals surface area contributed by atoms with Gasteiger partial charge in [0.2, 0.25) is 0 Å². The van der Waals surface area contributed by atoms with Crippen molar-refractivity contribution in [3.63, 3.8) is 0 Å². The summed E-state index contributed by atoms with van der Waals surface area (Å²) in [5.41, 5.74) is 21.8. The maximum atomic E-state index is 16.7. The van der Waals surface area contributed by atoms with Crippen LogP contribution < -0.4 is 5.56 Å². The van der Waals surface area contributed by atoms with Crippen LogP contribution in [0, 0.1) is 0 Å². The largest absolute Gasteiger partial charge is 0.309 e. The summed E-state index contributed by atoms with van der Waals surface area (Å²) >= 11 is 0. The summed E-state index contributed by atoms with van der Waals surface area (Å²) in [7, 11) is 0. The quantitative estimate of drug-likeness (QED) is 0.136. The zero-order valence-corrected chi connectivity index (χ0v) is 60.7. The molecule has 24 rings (SSSR count). The molecule has 526 valence electrons. The van der Waals surface area contributed by atoms with Crippen LogP contribution in [-0.4, -0.2) is 46.9 Å². The van der Waals surface area contributed by atoms with Gasteiger partial charge in [-0.15, -0.1) is 0 Å². The van der Waals surface area contributed by atoms with Gasteiger partial charge in [0.15, 0.2) is 17.5 Å². The van der Waals surface area contributed by atoms with Crippen molar-refractivity contribution < 1.29 is 0 Å². The molecule has 11 nitrogen and oxygen atoms in total. The molecule has 11 heteroatoms. The third kappa shape index (κ3) is 9.30. The van der Waals surface area contributed by atoms with Crippen molar-refractivity contribution in [2.24, 2.45) is 0 Å². The minimum absolute atomic E-state index is 0.257. The molecule has 24 aromatic rings. The number of aromatic nitrogens is 10. The molecule has 0 aliphatic rings. The number of benzene rings is 16. The second-order valence-electron chi connectivity index (χ2n) is 29.4. The molecular weight excluding hydrogens is 1380 g/mol. The van der Waals surface area contributed by atoms with Gasteiger partial charge < -0.3 is 27.4 Å². The standard InChI is InChI=1S/C102H62N10O/c113-102-83(101-104-99(63-26-4-1-5-27-63)103-100(105-101)64-28-6-2-7-29-64)56-65-57-97(111-92-52-48-67(106-84-40-18-10-32-71(84)72-33-11-19-41-85(72)106)58-79(92)80-59-68(49-53-93(80)111)107-86-42-20-12-34-73(86)74-35-13-21-43-87(74)107)98(62-96(65)110(102)66-30-8-3-9-31-66)112-94-54-50-69(108-88-44-22-14-36-75(88)76-37-15-23-45-89(76)108)60-81(94)82-61-70(51-55-95(82)112)109-90-46-24-16-38-77(90)78-39-17-25-47-91(78)109/h1-62H. The number of para-hydroxylation sites is 9.